The second kappa shape index (κ2) is 6.54. The van der Waals surface area contributed by atoms with Crippen LogP contribution in [0.4, 0.5) is 0 Å². The van der Waals surface area contributed by atoms with Gasteiger partial charge in [-0.3, -0.25) is 4.79 Å². The van der Waals surface area contributed by atoms with E-state index < -0.39 is 5.97 Å². The van der Waals surface area contributed by atoms with E-state index in [-0.39, 0.29) is 11.3 Å². The quantitative estimate of drug-likeness (QED) is 0.724. The lowest BCUT2D eigenvalue weighted by molar-refractivity contribution is -0.131. The summed E-state index contributed by atoms with van der Waals surface area (Å²) in [4.78, 5) is 21.7. The molecule has 1 saturated heterocycles. The van der Waals surface area contributed by atoms with E-state index in [0.29, 0.717) is 12.5 Å². The van der Waals surface area contributed by atoms with Crippen LogP contribution in [0.2, 0.25) is 0 Å². The summed E-state index contributed by atoms with van der Waals surface area (Å²) in [6.45, 7) is 6.33. The van der Waals surface area contributed by atoms with Crippen LogP contribution in [0.1, 0.15) is 26.7 Å². The average molecular weight is 255 g/mol. The second-order valence-electron chi connectivity index (χ2n) is 5.26. The zero-order chi connectivity index (χ0) is 13.6. The van der Waals surface area contributed by atoms with Crippen LogP contribution in [-0.4, -0.2) is 36.7 Å². The summed E-state index contributed by atoms with van der Waals surface area (Å²) >= 11 is 0. The first-order valence-electron chi connectivity index (χ1n) is 6.18. The van der Waals surface area contributed by atoms with Crippen molar-refractivity contribution >= 4 is 11.9 Å². The molecule has 0 aliphatic carbocycles. The van der Waals surface area contributed by atoms with Crippen molar-refractivity contribution in [3.63, 3.8) is 0 Å². The molecule has 0 bridgehead atoms. The van der Waals surface area contributed by atoms with Gasteiger partial charge in [0, 0.05) is 31.9 Å². The van der Waals surface area contributed by atoms with Crippen LogP contribution in [0.3, 0.4) is 0 Å². The maximum atomic E-state index is 11.4. The molecule has 102 valence electrons. The Kier molecular flexibility index (Phi) is 5.34. The highest BCUT2D eigenvalue weighted by molar-refractivity contribution is 5.93. The minimum absolute atomic E-state index is 0.00347. The van der Waals surface area contributed by atoms with Gasteiger partial charge < -0.3 is 15.2 Å². The third-order valence-corrected chi connectivity index (χ3v) is 3.42. The maximum absolute atomic E-state index is 11.4. The van der Waals surface area contributed by atoms with Gasteiger partial charge in [-0.25, -0.2) is 4.79 Å². The topological polar surface area (TPSA) is 75.6 Å². The third-order valence-electron chi connectivity index (χ3n) is 3.42. The molecule has 0 aromatic rings. The molecule has 0 saturated carbocycles. The smallest absolute Gasteiger partial charge is 0.328 e. The van der Waals surface area contributed by atoms with E-state index in [4.69, 9.17) is 9.84 Å². The van der Waals surface area contributed by atoms with Gasteiger partial charge in [0.1, 0.15) is 0 Å². The van der Waals surface area contributed by atoms with Crippen LogP contribution < -0.4 is 5.32 Å². The summed E-state index contributed by atoms with van der Waals surface area (Å²) in [5.74, 6) is -0.957. The van der Waals surface area contributed by atoms with Crippen molar-refractivity contribution < 1.29 is 19.4 Å². The van der Waals surface area contributed by atoms with Crippen LogP contribution in [0.5, 0.6) is 0 Å². The second-order valence-corrected chi connectivity index (χ2v) is 5.26. The third kappa shape index (κ3) is 4.87. The number of rotatable bonds is 5. The fourth-order valence-corrected chi connectivity index (χ4v) is 2.14. The molecule has 1 rings (SSSR count). The maximum Gasteiger partial charge on any atom is 0.328 e. The number of carboxylic acids is 1. The Hall–Kier alpha value is -1.36. The van der Waals surface area contributed by atoms with Crippen molar-refractivity contribution in [1.82, 2.24) is 5.32 Å². The molecule has 5 heteroatoms. The van der Waals surface area contributed by atoms with Crippen LogP contribution in [0.15, 0.2) is 12.2 Å². The van der Waals surface area contributed by atoms with Gasteiger partial charge in [-0.15, -0.1) is 0 Å². The zero-order valence-electron chi connectivity index (χ0n) is 10.9. The first kappa shape index (κ1) is 14.7. The molecule has 1 aliphatic heterocycles. The Morgan fingerprint density at radius 3 is 2.50 bits per heavy atom. The van der Waals surface area contributed by atoms with Crippen molar-refractivity contribution in [2.24, 2.45) is 11.3 Å². The van der Waals surface area contributed by atoms with Crippen LogP contribution in [0, 0.1) is 11.3 Å². The van der Waals surface area contributed by atoms with Crippen molar-refractivity contribution in [3.05, 3.63) is 12.2 Å². The Morgan fingerprint density at radius 2 is 1.94 bits per heavy atom. The average Bonchev–Trinajstić information content (AvgIpc) is 2.35. The molecule has 0 aromatic carbocycles. The normalized spacial score (nSPS) is 17.9. The molecule has 1 fully saturated rings. The Balaban J connectivity index is 2.40. The lowest BCUT2D eigenvalue weighted by Gasteiger charge is -2.36. The first-order chi connectivity index (χ1) is 8.42. The lowest BCUT2D eigenvalue weighted by atomic mass is 9.74. The number of aliphatic carboxylic acids is 1. The fraction of sp³-hybridized carbons (Fsp3) is 0.692. The summed E-state index contributed by atoms with van der Waals surface area (Å²) < 4.78 is 5.32. The van der Waals surface area contributed by atoms with E-state index in [9.17, 15) is 9.59 Å². The summed E-state index contributed by atoms with van der Waals surface area (Å²) in [6.07, 6.45) is 3.90. The molecule has 2 N–H and O–H groups in total. The van der Waals surface area contributed by atoms with Gasteiger partial charge in [-0.05, 0) is 24.2 Å². The SMILES string of the molecule is CC(C)(CNC(=O)/C=C/C(=O)O)C1CCOCC1. The van der Waals surface area contributed by atoms with Crippen LogP contribution in [-0.2, 0) is 14.3 Å². The highest BCUT2D eigenvalue weighted by Gasteiger charge is 2.30. The minimum Gasteiger partial charge on any atom is -0.478 e. The lowest BCUT2D eigenvalue weighted by Crippen LogP contribution is -2.40. The Labute approximate surface area is 107 Å². The summed E-state index contributed by atoms with van der Waals surface area (Å²) in [6, 6.07) is 0. The van der Waals surface area contributed by atoms with E-state index in [2.05, 4.69) is 19.2 Å². The van der Waals surface area contributed by atoms with Crippen LogP contribution >= 0.6 is 0 Å². The van der Waals surface area contributed by atoms with E-state index >= 15 is 0 Å². The Bertz CT molecular complexity index is 330. The number of amides is 1. The molecule has 0 aromatic heterocycles. The van der Waals surface area contributed by atoms with E-state index in [1.54, 1.807) is 0 Å². The molecule has 1 amide bonds. The minimum atomic E-state index is -1.12. The number of carbonyl (C=O) groups is 2. The van der Waals surface area contributed by atoms with E-state index in [1.807, 2.05) is 0 Å². The number of carboxylic acid groups (broad SMARTS) is 1. The predicted octanol–water partition coefficient (Wildman–Crippen LogP) is 1.20. The molecule has 18 heavy (non-hydrogen) atoms. The standard InChI is InChI=1S/C13H21NO4/c1-13(2,10-5-7-18-8-6-10)9-14-11(15)3-4-12(16)17/h3-4,10H,5-9H2,1-2H3,(H,14,15)(H,16,17)/b4-3+. The van der Waals surface area contributed by atoms with Gasteiger partial charge in [0.15, 0.2) is 0 Å². The zero-order valence-corrected chi connectivity index (χ0v) is 10.9. The number of ether oxygens (including phenoxy) is 1. The number of carbonyl (C=O) groups excluding carboxylic acids is 1. The molecule has 0 radical (unpaired) electrons. The fourth-order valence-electron chi connectivity index (χ4n) is 2.14. The van der Waals surface area contributed by atoms with Crippen molar-refractivity contribution in [1.29, 1.82) is 0 Å². The highest BCUT2D eigenvalue weighted by Crippen LogP contribution is 2.33. The molecule has 0 spiro atoms. The van der Waals surface area contributed by atoms with Gasteiger partial charge in [0.25, 0.3) is 0 Å². The Morgan fingerprint density at radius 1 is 1.33 bits per heavy atom. The van der Waals surface area contributed by atoms with Crippen molar-refractivity contribution in [3.8, 4) is 0 Å². The summed E-state index contributed by atoms with van der Waals surface area (Å²) in [7, 11) is 0. The predicted molar refractivity (Wildman–Crippen MR) is 67.1 cm³/mol. The molecular weight excluding hydrogens is 234 g/mol. The van der Waals surface area contributed by atoms with Gasteiger partial charge in [0.2, 0.25) is 5.91 Å². The van der Waals surface area contributed by atoms with Crippen LogP contribution in [0.25, 0.3) is 0 Å². The van der Waals surface area contributed by atoms with Gasteiger partial charge in [0.05, 0.1) is 0 Å². The first-order valence-corrected chi connectivity index (χ1v) is 6.18. The number of hydrogen-bond donors (Lipinski definition) is 2. The summed E-state index contributed by atoms with van der Waals surface area (Å²) in [5.41, 5.74) is -0.00347. The number of nitrogens with one attached hydrogen (secondary N) is 1. The highest BCUT2D eigenvalue weighted by atomic mass is 16.5. The molecular formula is C13H21NO4. The molecule has 0 atom stereocenters. The molecule has 5 nitrogen and oxygen atoms in total. The van der Waals surface area contributed by atoms with Crippen molar-refractivity contribution in [2.45, 2.75) is 26.7 Å². The monoisotopic (exact) mass is 255 g/mol. The van der Waals surface area contributed by atoms with E-state index in [0.717, 1.165) is 38.2 Å². The van der Waals surface area contributed by atoms with Crippen molar-refractivity contribution in [2.75, 3.05) is 19.8 Å². The molecule has 1 heterocycles. The van der Waals surface area contributed by atoms with Gasteiger partial charge in [-0.1, -0.05) is 13.8 Å². The number of hydrogen-bond acceptors (Lipinski definition) is 3. The molecule has 1 aliphatic rings. The van der Waals surface area contributed by atoms with E-state index in [1.165, 1.54) is 0 Å². The largest absolute Gasteiger partial charge is 0.478 e. The van der Waals surface area contributed by atoms with Gasteiger partial charge in [-0.2, -0.15) is 0 Å². The van der Waals surface area contributed by atoms with Gasteiger partial charge >= 0.3 is 5.97 Å². The summed E-state index contributed by atoms with van der Waals surface area (Å²) in [5, 5.41) is 11.2. The molecule has 0 unspecified atom stereocenters.